The molecule has 0 aliphatic rings. The third-order valence-corrected chi connectivity index (χ3v) is 5.08. The average molecular weight is 290 g/mol. The summed E-state index contributed by atoms with van der Waals surface area (Å²) in [5.41, 5.74) is 2.32. The number of aromatic nitrogens is 1. The maximum Gasteiger partial charge on any atom is 0.240 e. The second-order valence-corrected chi connectivity index (χ2v) is 7.59. The molecule has 1 rings (SSSR count). The molecule has 0 aliphatic carbocycles. The number of nitrogens with zero attached hydrogens (tertiary/aromatic N) is 1. The Morgan fingerprint density at radius 1 is 1.50 bits per heavy atom. The molecule has 0 saturated heterocycles. The Morgan fingerprint density at radius 3 is 2.72 bits per heavy atom. The van der Waals surface area contributed by atoms with Gasteiger partial charge in [0.2, 0.25) is 10.0 Å². The van der Waals surface area contributed by atoms with E-state index in [0.717, 1.165) is 0 Å². The number of sulfonamides is 1. The second kappa shape index (κ2) is 5.87. The Bertz CT molecular complexity index is 502. The van der Waals surface area contributed by atoms with Gasteiger partial charge >= 0.3 is 0 Å². The van der Waals surface area contributed by atoms with Gasteiger partial charge in [0.15, 0.2) is 0 Å². The van der Waals surface area contributed by atoms with Crippen molar-refractivity contribution in [3.8, 4) is 0 Å². The highest BCUT2D eigenvalue weighted by atomic mass is 32.2. The number of nitrogen functional groups attached to an aromatic ring is 1. The molecule has 1 heterocycles. The molecule has 8 heteroatoms. The highest BCUT2D eigenvalue weighted by Gasteiger charge is 2.21. The first-order valence-corrected chi connectivity index (χ1v) is 7.99. The number of hydrogen-bond donors (Lipinski definition) is 3. The topological polar surface area (TPSA) is 97.1 Å². The van der Waals surface area contributed by atoms with Gasteiger partial charge in [-0.25, -0.2) is 24.0 Å². The van der Waals surface area contributed by atoms with Crippen molar-refractivity contribution < 1.29 is 8.42 Å². The van der Waals surface area contributed by atoms with Crippen molar-refractivity contribution in [2.24, 2.45) is 5.84 Å². The van der Waals surface area contributed by atoms with Crippen LogP contribution in [0.1, 0.15) is 13.8 Å². The maximum absolute atomic E-state index is 12.0. The number of hydrogen-bond acceptors (Lipinski definition) is 6. The van der Waals surface area contributed by atoms with Gasteiger partial charge in [0.05, 0.1) is 4.90 Å². The molecule has 18 heavy (non-hydrogen) atoms. The zero-order valence-electron chi connectivity index (χ0n) is 10.6. The number of nitrogens with one attached hydrogen (secondary N) is 2. The number of pyridine rings is 1. The molecule has 0 atom stereocenters. The Balaban J connectivity index is 2.86. The number of rotatable bonds is 6. The van der Waals surface area contributed by atoms with Crippen LogP contribution in [0.4, 0.5) is 5.82 Å². The van der Waals surface area contributed by atoms with Crippen LogP contribution in [-0.2, 0) is 10.0 Å². The van der Waals surface area contributed by atoms with Gasteiger partial charge in [0, 0.05) is 23.6 Å². The van der Waals surface area contributed by atoms with E-state index in [1.807, 2.05) is 20.1 Å². The summed E-state index contributed by atoms with van der Waals surface area (Å²) >= 11 is 1.60. The van der Waals surface area contributed by atoms with Gasteiger partial charge in [0.1, 0.15) is 5.82 Å². The van der Waals surface area contributed by atoms with E-state index in [9.17, 15) is 8.42 Å². The molecular weight excluding hydrogens is 272 g/mol. The lowest BCUT2D eigenvalue weighted by atomic mass is 10.2. The molecule has 0 spiro atoms. The zero-order valence-corrected chi connectivity index (χ0v) is 12.2. The van der Waals surface area contributed by atoms with Crippen LogP contribution in [0.25, 0.3) is 0 Å². The Hall–Kier alpha value is -0.830. The van der Waals surface area contributed by atoms with Crippen LogP contribution in [0.3, 0.4) is 0 Å². The third kappa shape index (κ3) is 4.13. The van der Waals surface area contributed by atoms with Gasteiger partial charge in [-0.15, -0.1) is 0 Å². The highest BCUT2D eigenvalue weighted by molar-refractivity contribution is 8.00. The lowest BCUT2D eigenvalue weighted by Gasteiger charge is -2.22. The van der Waals surface area contributed by atoms with Crippen LogP contribution in [-0.4, -0.2) is 30.9 Å². The van der Waals surface area contributed by atoms with Crippen LogP contribution in [0.15, 0.2) is 23.2 Å². The van der Waals surface area contributed by atoms with Gasteiger partial charge in [0.25, 0.3) is 0 Å². The molecule has 1 aromatic heterocycles. The van der Waals surface area contributed by atoms with E-state index in [4.69, 9.17) is 5.84 Å². The molecule has 6 nitrogen and oxygen atoms in total. The number of thioether (sulfide) groups is 1. The molecular formula is C10H18N4O2S2. The first kappa shape index (κ1) is 15.2. The molecule has 0 radical (unpaired) electrons. The van der Waals surface area contributed by atoms with Crippen molar-refractivity contribution in [3.63, 3.8) is 0 Å². The minimum Gasteiger partial charge on any atom is -0.308 e. The summed E-state index contributed by atoms with van der Waals surface area (Å²) in [7, 11) is -3.54. The van der Waals surface area contributed by atoms with E-state index >= 15 is 0 Å². The maximum atomic E-state index is 12.0. The van der Waals surface area contributed by atoms with Gasteiger partial charge in [-0.1, -0.05) is 0 Å². The third-order valence-electron chi connectivity index (χ3n) is 2.43. The monoisotopic (exact) mass is 290 g/mol. The molecule has 0 saturated carbocycles. The molecule has 4 N–H and O–H groups in total. The van der Waals surface area contributed by atoms with E-state index < -0.39 is 10.0 Å². The van der Waals surface area contributed by atoms with Gasteiger partial charge < -0.3 is 5.43 Å². The highest BCUT2D eigenvalue weighted by Crippen LogP contribution is 2.21. The number of nitrogens with two attached hydrogens (primary N) is 1. The zero-order chi connectivity index (χ0) is 13.8. The molecule has 0 unspecified atom stereocenters. The van der Waals surface area contributed by atoms with E-state index in [-0.39, 0.29) is 9.64 Å². The first-order chi connectivity index (χ1) is 8.30. The van der Waals surface area contributed by atoms with E-state index in [2.05, 4.69) is 15.1 Å². The van der Waals surface area contributed by atoms with E-state index in [0.29, 0.717) is 12.4 Å². The minimum atomic E-state index is -3.54. The number of anilines is 1. The van der Waals surface area contributed by atoms with Gasteiger partial charge in [-0.05, 0) is 26.2 Å². The van der Waals surface area contributed by atoms with E-state index in [1.54, 1.807) is 11.8 Å². The Kier molecular flexibility index (Phi) is 4.97. The minimum absolute atomic E-state index is 0.141. The average Bonchev–Trinajstić information content (AvgIpc) is 2.37. The second-order valence-electron chi connectivity index (χ2n) is 4.31. The summed E-state index contributed by atoms with van der Waals surface area (Å²) in [6.45, 7) is 4.30. The largest absolute Gasteiger partial charge is 0.308 e. The molecule has 0 amide bonds. The van der Waals surface area contributed by atoms with Crippen LogP contribution in [0, 0.1) is 0 Å². The Morgan fingerprint density at radius 2 is 2.17 bits per heavy atom. The lowest BCUT2D eigenvalue weighted by molar-refractivity contribution is 0.570. The summed E-state index contributed by atoms with van der Waals surface area (Å²) in [5.74, 6) is 5.50. The fourth-order valence-corrected chi connectivity index (χ4v) is 2.61. The standard InChI is InChI=1S/C10H18N4O2S2/c1-10(2,17-3)7-13-18(15,16)8-4-5-12-9(6-8)14-11/h4-6,13H,7,11H2,1-3H3,(H,12,14). The SMILES string of the molecule is CSC(C)(C)CNS(=O)(=O)c1ccnc(NN)c1. The predicted molar refractivity (Wildman–Crippen MR) is 74.8 cm³/mol. The van der Waals surface area contributed by atoms with Crippen molar-refractivity contribution >= 4 is 27.6 Å². The lowest BCUT2D eigenvalue weighted by Crippen LogP contribution is -2.36. The van der Waals surface area contributed by atoms with Crippen molar-refractivity contribution in [1.29, 1.82) is 0 Å². The quantitative estimate of drug-likeness (QED) is 0.529. The van der Waals surface area contributed by atoms with Crippen molar-refractivity contribution in [2.45, 2.75) is 23.5 Å². The Labute approximate surface area is 112 Å². The molecule has 102 valence electrons. The normalized spacial score (nSPS) is 12.4. The van der Waals surface area contributed by atoms with Crippen LogP contribution in [0.2, 0.25) is 0 Å². The molecule has 0 bridgehead atoms. The summed E-state index contributed by atoms with van der Waals surface area (Å²) in [6, 6.07) is 2.81. The van der Waals surface area contributed by atoms with Crippen molar-refractivity contribution in [3.05, 3.63) is 18.3 Å². The molecule has 0 aliphatic heterocycles. The smallest absolute Gasteiger partial charge is 0.240 e. The summed E-state index contributed by atoms with van der Waals surface area (Å²) in [4.78, 5) is 4.01. The van der Waals surface area contributed by atoms with Gasteiger partial charge in [-0.3, -0.25) is 0 Å². The van der Waals surface area contributed by atoms with Crippen molar-refractivity contribution in [2.75, 3.05) is 18.2 Å². The van der Waals surface area contributed by atoms with Crippen LogP contribution >= 0.6 is 11.8 Å². The van der Waals surface area contributed by atoms with Crippen LogP contribution in [0.5, 0.6) is 0 Å². The van der Waals surface area contributed by atoms with Crippen molar-refractivity contribution in [1.82, 2.24) is 9.71 Å². The summed E-state index contributed by atoms with van der Waals surface area (Å²) < 4.78 is 26.5. The summed E-state index contributed by atoms with van der Waals surface area (Å²) in [5, 5.41) is 0. The molecule has 0 aromatic carbocycles. The number of hydrazine groups is 1. The molecule has 0 fully saturated rings. The summed E-state index contributed by atoms with van der Waals surface area (Å²) in [6.07, 6.45) is 3.33. The van der Waals surface area contributed by atoms with E-state index in [1.165, 1.54) is 18.3 Å². The first-order valence-electron chi connectivity index (χ1n) is 5.28. The fraction of sp³-hybridized carbons (Fsp3) is 0.500. The van der Waals surface area contributed by atoms with Crippen LogP contribution < -0.4 is 16.0 Å². The molecule has 1 aromatic rings. The van der Waals surface area contributed by atoms with Gasteiger partial charge in [-0.2, -0.15) is 11.8 Å². The predicted octanol–water partition coefficient (Wildman–Crippen LogP) is 0.787. The fourth-order valence-electron chi connectivity index (χ4n) is 1.08.